The standard InChI is InChI=1S/C32H47NO8/c1-6-31(34)40-19-8-7-9-20-41-32(35)16-18-33-17-15-26-23-30(39-5)29(38-4)22-25(26)12-10-11-24-13-14-27(36-2)28(21-24)37-3/h13-14,21-23,33H,6-12,15-20H2,1-5H3. The van der Waals surface area contributed by atoms with Crippen molar-refractivity contribution in [1.82, 2.24) is 5.32 Å². The van der Waals surface area contributed by atoms with Crippen molar-refractivity contribution in [3.05, 3.63) is 47.0 Å². The van der Waals surface area contributed by atoms with Gasteiger partial charge in [-0.1, -0.05) is 13.0 Å². The van der Waals surface area contributed by atoms with E-state index in [4.69, 9.17) is 28.4 Å². The molecule has 2 rings (SSSR count). The van der Waals surface area contributed by atoms with Crippen molar-refractivity contribution in [1.29, 1.82) is 0 Å². The van der Waals surface area contributed by atoms with Crippen LogP contribution in [-0.4, -0.2) is 66.7 Å². The van der Waals surface area contributed by atoms with Gasteiger partial charge in [-0.15, -0.1) is 0 Å². The van der Waals surface area contributed by atoms with Crippen molar-refractivity contribution >= 4 is 11.9 Å². The van der Waals surface area contributed by atoms with E-state index in [1.807, 2.05) is 18.2 Å². The number of esters is 2. The zero-order valence-corrected chi connectivity index (χ0v) is 25.3. The van der Waals surface area contributed by atoms with E-state index in [2.05, 4.69) is 17.4 Å². The normalized spacial score (nSPS) is 10.7. The van der Waals surface area contributed by atoms with Crippen LogP contribution in [0.5, 0.6) is 23.0 Å². The molecule has 0 fully saturated rings. The van der Waals surface area contributed by atoms with E-state index in [9.17, 15) is 9.59 Å². The maximum atomic E-state index is 12.0. The molecule has 2 aromatic carbocycles. The number of unbranched alkanes of at least 4 members (excludes halogenated alkanes) is 2. The second-order valence-corrected chi connectivity index (χ2v) is 9.62. The first-order chi connectivity index (χ1) is 19.9. The second-order valence-electron chi connectivity index (χ2n) is 9.62. The summed E-state index contributed by atoms with van der Waals surface area (Å²) in [6.07, 6.45) is 6.64. The lowest BCUT2D eigenvalue weighted by Crippen LogP contribution is -2.22. The molecule has 0 saturated heterocycles. The first-order valence-electron chi connectivity index (χ1n) is 14.4. The summed E-state index contributed by atoms with van der Waals surface area (Å²) < 4.78 is 32.2. The number of hydrogen-bond donors (Lipinski definition) is 1. The summed E-state index contributed by atoms with van der Waals surface area (Å²) in [5.41, 5.74) is 3.60. The fourth-order valence-corrected chi connectivity index (χ4v) is 4.41. The fourth-order valence-electron chi connectivity index (χ4n) is 4.41. The van der Waals surface area contributed by atoms with E-state index in [0.717, 1.165) is 68.7 Å². The van der Waals surface area contributed by atoms with Gasteiger partial charge in [0.25, 0.3) is 0 Å². The van der Waals surface area contributed by atoms with Gasteiger partial charge >= 0.3 is 11.9 Å². The van der Waals surface area contributed by atoms with Crippen molar-refractivity contribution in [3.63, 3.8) is 0 Å². The molecule has 0 aliphatic carbocycles. The van der Waals surface area contributed by atoms with Crippen LogP contribution in [0.15, 0.2) is 30.3 Å². The molecule has 41 heavy (non-hydrogen) atoms. The molecule has 228 valence electrons. The minimum absolute atomic E-state index is 0.183. The summed E-state index contributed by atoms with van der Waals surface area (Å²) in [4.78, 5) is 23.1. The van der Waals surface area contributed by atoms with E-state index in [0.29, 0.717) is 38.3 Å². The minimum Gasteiger partial charge on any atom is -0.493 e. The summed E-state index contributed by atoms with van der Waals surface area (Å²) in [5, 5.41) is 3.35. The zero-order valence-electron chi connectivity index (χ0n) is 25.3. The third kappa shape index (κ3) is 12.3. The highest BCUT2D eigenvalue weighted by Crippen LogP contribution is 2.32. The number of carbonyl (C=O) groups excluding carboxylic acids is 2. The first kappa shape index (κ1) is 33.7. The molecule has 0 aliphatic heterocycles. The number of nitrogens with one attached hydrogen (secondary N) is 1. The molecule has 0 amide bonds. The Balaban J connectivity index is 1.78. The molecule has 9 heteroatoms. The summed E-state index contributed by atoms with van der Waals surface area (Å²) in [5.74, 6) is 2.49. The Bertz CT molecular complexity index is 1070. The number of methoxy groups -OCH3 is 4. The van der Waals surface area contributed by atoms with Crippen molar-refractivity contribution in [2.75, 3.05) is 54.7 Å². The number of ether oxygens (including phenoxy) is 6. The molecular weight excluding hydrogens is 526 g/mol. The van der Waals surface area contributed by atoms with Crippen LogP contribution >= 0.6 is 0 Å². The average molecular weight is 574 g/mol. The lowest BCUT2D eigenvalue weighted by atomic mass is 9.97. The highest BCUT2D eigenvalue weighted by atomic mass is 16.5. The summed E-state index contributed by atoms with van der Waals surface area (Å²) >= 11 is 0. The Morgan fingerprint density at radius 1 is 0.634 bits per heavy atom. The lowest BCUT2D eigenvalue weighted by Gasteiger charge is -2.16. The topological polar surface area (TPSA) is 102 Å². The quantitative estimate of drug-likeness (QED) is 0.162. The van der Waals surface area contributed by atoms with E-state index >= 15 is 0 Å². The number of aryl methyl sites for hydroxylation is 2. The molecule has 0 radical (unpaired) electrons. The molecule has 0 aliphatic rings. The van der Waals surface area contributed by atoms with E-state index in [1.54, 1.807) is 35.4 Å². The minimum atomic E-state index is -0.211. The Morgan fingerprint density at radius 3 is 1.83 bits per heavy atom. The average Bonchev–Trinajstić information content (AvgIpc) is 3.00. The van der Waals surface area contributed by atoms with Crippen LogP contribution in [-0.2, 0) is 38.3 Å². The predicted octanol–water partition coefficient (Wildman–Crippen LogP) is 5.09. The van der Waals surface area contributed by atoms with Crippen LogP contribution < -0.4 is 24.3 Å². The van der Waals surface area contributed by atoms with Crippen LogP contribution in [0.2, 0.25) is 0 Å². The van der Waals surface area contributed by atoms with Crippen molar-refractivity contribution in [2.24, 2.45) is 0 Å². The maximum absolute atomic E-state index is 12.0. The zero-order chi connectivity index (χ0) is 29.9. The molecule has 0 bridgehead atoms. The molecule has 0 unspecified atom stereocenters. The number of hydrogen-bond acceptors (Lipinski definition) is 9. The Hall–Kier alpha value is -3.46. The van der Waals surface area contributed by atoms with Gasteiger partial charge in [-0.25, -0.2) is 0 Å². The molecule has 0 atom stereocenters. The SMILES string of the molecule is CCC(=O)OCCCCCOC(=O)CCNCCc1cc(OC)c(OC)cc1CCCc1ccc(OC)c(OC)c1. The highest BCUT2D eigenvalue weighted by Gasteiger charge is 2.12. The number of carbonyl (C=O) groups is 2. The van der Waals surface area contributed by atoms with Crippen LogP contribution in [0.4, 0.5) is 0 Å². The van der Waals surface area contributed by atoms with Crippen LogP contribution in [0.25, 0.3) is 0 Å². The van der Waals surface area contributed by atoms with Gasteiger partial charge < -0.3 is 33.7 Å². The predicted molar refractivity (Wildman–Crippen MR) is 158 cm³/mol. The van der Waals surface area contributed by atoms with Crippen LogP contribution in [0, 0.1) is 0 Å². The molecule has 0 heterocycles. The van der Waals surface area contributed by atoms with Gasteiger partial charge in [0.1, 0.15) is 0 Å². The van der Waals surface area contributed by atoms with Crippen molar-refractivity contribution in [2.45, 2.75) is 64.7 Å². The maximum Gasteiger partial charge on any atom is 0.307 e. The number of benzene rings is 2. The first-order valence-corrected chi connectivity index (χ1v) is 14.4. The monoisotopic (exact) mass is 573 g/mol. The molecule has 0 aromatic heterocycles. The van der Waals surface area contributed by atoms with Crippen molar-refractivity contribution in [3.8, 4) is 23.0 Å². The van der Waals surface area contributed by atoms with Crippen LogP contribution in [0.1, 0.15) is 62.1 Å². The summed E-state index contributed by atoms with van der Waals surface area (Å²) in [6, 6.07) is 10.1. The number of rotatable bonds is 21. The smallest absolute Gasteiger partial charge is 0.307 e. The van der Waals surface area contributed by atoms with Gasteiger partial charge in [0.05, 0.1) is 48.1 Å². The van der Waals surface area contributed by atoms with Gasteiger partial charge in [-0.2, -0.15) is 0 Å². The Kier molecular flexibility index (Phi) is 16.1. The molecule has 0 saturated carbocycles. The molecular formula is C32H47NO8. The Labute approximate surface area is 244 Å². The van der Waals surface area contributed by atoms with Gasteiger partial charge in [-0.3, -0.25) is 9.59 Å². The Morgan fingerprint density at radius 2 is 1.22 bits per heavy atom. The molecule has 0 spiro atoms. The van der Waals surface area contributed by atoms with Crippen molar-refractivity contribution < 1.29 is 38.0 Å². The van der Waals surface area contributed by atoms with E-state index in [-0.39, 0.29) is 11.9 Å². The van der Waals surface area contributed by atoms with Gasteiger partial charge in [0.15, 0.2) is 23.0 Å². The lowest BCUT2D eigenvalue weighted by molar-refractivity contribution is -0.143. The van der Waals surface area contributed by atoms with E-state index < -0.39 is 0 Å². The van der Waals surface area contributed by atoms with Gasteiger partial charge in [-0.05, 0) is 92.4 Å². The summed E-state index contributed by atoms with van der Waals surface area (Å²) in [6.45, 7) is 3.85. The van der Waals surface area contributed by atoms with Gasteiger partial charge in [0, 0.05) is 13.0 Å². The largest absolute Gasteiger partial charge is 0.493 e. The molecule has 2 aromatic rings. The van der Waals surface area contributed by atoms with Crippen LogP contribution in [0.3, 0.4) is 0 Å². The van der Waals surface area contributed by atoms with Gasteiger partial charge in [0.2, 0.25) is 0 Å². The third-order valence-electron chi connectivity index (χ3n) is 6.75. The highest BCUT2D eigenvalue weighted by molar-refractivity contribution is 5.69. The fraction of sp³-hybridized carbons (Fsp3) is 0.562. The summed E-state index contributed by atoms with van der Waals surface area (Å²) in [7, 11) is 6.57. The molecule has 9 nitrogen and oxygen atoms in total. The molecule has 1 N–H and O–H groups in total. The third-order valence-corrected chi connectivity index (χ3v) is 6.75. The second kappa shape index (κ2) is 19.6. The van der Waals surface area contributed by atoms with E-state index in [1.165, 1.54) is 16.7 Å².